The van der Waals surface area contributed by atoms with Gasteiger partial charge in [-0.25, -0.2) is 0 Å². The van der Waals surface area contributed by atoms with Gasteiger partial charge in [0.2, 0.25) is 5.88 Å². The molecule has 5 nitrogen and oxygen atoms in total. The summed E-state index contributed by atoms with van der Waals surface area (Å²) in [7, 11) is 0. The molecule has 2 N–H and O–H groups in total. The number of amides is 1. The molecule has 1 aromatic heterocycles. The smallest absolute Gasteiger partial charge is 0.254 e. The van der Waals surface area contributed by atoms with Gasteiger partial charge in [0.15, 0.2) is 0 Å². The SMILES string of the molecule is CC(C)CN(c1ccc(/C(C#N)=C/c2ccccc2)cc1)c1oc2ccc(Cl)cc2c1C(N)=O. The van der Waals surface area contributed by atoms with E-state index >= 15 is 0 Å². The first-order valence-corrected chi connectivity index (χ1v) is 11.3. The number of furan rings is 1. The predicted molar refractivity (Wildman–Crippen MR) is 138 cm³/mol. The fraction of sp³-hybridized carbons (Fsp3) is 0.143. The number of allylic oxidation sites excluding steroid dienone is 1. The van der Waals surface area contributed by atoms with E-state index in [0.717, 1.165) is 16.8 Å². The lowest BCUT2D eigenvalue weighted by atomic mass is 10.0. The van der Waals surface area contributed by atoms with Crippen molar-refractivity contribution in [2.45, 2.75) is 13.8 Å². The summed E-state index contributed by atoms with van der Waals surface area (Å²) in [5.41, 5.74) is 9.73. The van der Waals surface area contributed by atoms with Gasteiger partial charge in [0.05, 0.1) is 11.6 Å². The minimum absolute atomic E-state index is 0.268. The zero-order valence-electron chi connectivity index (χ0n) is 19.0. The van der Waals surface area contributed by atoms with Crippen molar-refractivity contribution in [1.82, 2.24) is 0 Å². The van der Waals surface area contributed by atoms with Gasteiger partial charge in [0.25, 0.3) is 5.91 Å². The van der Waals surface area contributed by atoms with Crippen molar-refractivity contribution in [2.24, 2.45) is 11.7 Å². The Hall–Kier alpha value is -4.01. The molecular weight excluding hydrogens is 446 g/mol. The Bertz CT molecular complexity index is 1400. The fourth-order valence-corrected chi connectivity index (χ4v) is 4.04. The molecule has 0 radical (unpaired) electrons. The number of carbonyl (C=O) groups is 1. The van der Waals surface area contributed by atoms with Crippen LogP contribution in [0.2, 0.25) is 5.02 Å². The van der Waals surface area contributed by atoms with E-state index in [0.29, 0.717) is 39.6 Å². The van der Waals surface area contributed by atoms with Crippen LogP contribution < -0.4 is 10.6 Å². The third-order valence-electron chi connectivity index (χ3n) is 5.39. The molecule has 3 aromatic carbocycles. The van der Waals surface area contributed by atoms with E-state index in [1.807, 2.05) is 65.6 Å². The van der Waals surface area contributed by atoms with Gasteiger partial charge in [0, 0.05) is 22.6 Å². The van der Waals surface area contributed by atoms with E-state index in [9.17, 15) is 10.1 Å². The van der Waals surface area contributed by atoms with Crippen LogP contribution in [0.5, 0.6) is 0 Å². The summed E-state index contributed by atoms with van der Waals surface area (Å²) in [6.07, 6.45) is 1.86. The summed E-state index contributed by atoms with van der Waals surface area (Å²) in [4.78, 5) is 14.4. The lowest BCUT2D eigenvalue weighted by molar-refractivity contribution is 0.100. The summed E-state index contributed by atoms with van der Waals surface area (Å²) in [6, 6.07) is 24.8. The van der Waals surface area contributed by atoms with Crippen LogP contribution in [0.25, 0.3) is 22.6 Å². The molecule has 0 atom stereocenters. The van der Waals surface area contributed by atoms with Crippen LogP contribution in [0.4, 0.5) is 11.6 Å². The maximum Gasteiger partial charge on any atom is 0.254 e. The lowest BCUT2D eigenvalue weighted by Gasteiger charge is -2.25. The molecule has 0 aliphatic rings. The molecule has 0 aliphatic heterocycles. The number of nitriles is 1. The highest BCUT2D eigenvalue weighted by Crippen LogP contribution is 2.38. The van der Waals surface area contributed by atoms with Crippen molar-refractivity contribution >= 4 is 51.7 Å². The van der Waals surface area contributed by atoms with Gasteiger partial charge >= 0.3 is 0 Å². The molecule has 0 saturated heterocycles. The van der Waals surface area contributed by atoms with Crippen molar-refractivity contribution in [1.29, 1.82) is 5.26 Å². The van der Waals surface area contributed by atoms with Crippen LogP contribution in [0.15, 0.2) is 77.2 Å². The molecule has 6 heteroatoms. The summed E-state index contributed by atoms with van der Waals surface area (Å²) < 4.78 is 6.11. The summed E-state index contributed by atoms with van der Waals surface area (Å²) in [6.45, 7) is 4.76. The summed E-state index contributed by atoms with van der Waals surface area (Å²) >= 11 is 6.17. The molecule has 1 amide bonds. The van der Waals surface area contributed by atoms with Gasteiger partial charge < -0.3 is 15.1 Å². The molecule has 0 aliphatic carbocycles. The molecule has 0 bridgehead atoms. The minimum Gasteiger partial charge on any atom is -0.439 e. The molecule has 4 aromatic rings. The van der Waals surface area contributed by atoms with Crippen molar-refractivity contribution in [3.63, 3.8) is 0 Å². The first-order valence-electron chi connectivity index (χ1n) is 10.9. The predicted octanol–water partition coefficient (Wildman–Crippen LogP) is 7.04. The third kappa shape index (κ3) is 4.83. The first-order chi connectivity index (χ1) is 16.4. The zero-order chi connectivity index (χ0) is 24.2. The van der Waals surface area contributed by atoms with Gasteiger partial charge in [-0.05, 0) is 53.5 Å². The largest absolute Gasteiger partial charge is 0.439 e. The topological polar surface area (TPSA) is 83.3 Å². The first kappa shape index (κ1) is 23.2. The van der Waals surface area contributed by atoms with E-state index in [-0.39, 0.29) is 5.92 Å². The van der Waals surface area contributed by atoms with Crippen LogP contribution >= 0.6 is 11.6 Å². The molecule has 0 saturated carbocycles. The maximum absolute atomic E-state index is 12.4. The number of primary amides is 1. The van der Waals surface area contributed by atoms with Crippen LogP contribution in [0.1, 0.15) is 35.3 Å². The average Bonchev–Trinajstić information content (AvgIpc) is 3.20. The molecule has 170 valence electrons. The molecule has 0 fully saturated rings. The quantitative estimate of drug-likeness (QED) is 0.232. The zero-order valence-corrected chi connectivity index (χ0v) is 19.7. The summed E-state index contributed by atoms with van der Waals surface area (Å²) in [5, 5.41) is 10.8. The number of benzene rings is 3. The number of anilines is 2. The van der Waals surface area contributed by atoms with Gasteiger partial charge in [0.1, 0.15) is 11.1 Å². The van der Waals surface area contributed by atoms with Crippen LogP contribution in [-0.4, -0.2) is 12.5 Å². The van der Waals surface area contributed by atoms with Crippen molar-refractivity contribution < 1.29 is 9.21 Å². The Morgan fingerprint density at radius 2 is 1.82 bits per heavy atom. The number of hydrogen-bond acceptors (Lipinski definition) is 4. The van der Waals surface area contributed by atoms with Crippen molar-refractivity contribution in [2.75, 3.05) is 11.4 Å². The Labute approximate surface area is 203 Å². The number of carbonyl (C=O) groups excluding carboxylic acids is 1. The molecule has 1 heterocycles. The van der Waals surface area contributed by atoms with E-state index in [4.69, 9.17) is 21.8 Å². The van der Waals surface area contributed by atoms with Crippen LogP contribution in [-0.2, 0) is 0 Å². The molecule has 4 rings (SSSR count). The van der Waals surface area contributed by atoms with Gasteiger partial charge in [-0.15, -0.1) is 0 Å². The van der Waals surface area contributed by atoms with E-state index < -0.39 is 5.91 Å². The number of nitrogens with zero attached hydrogens (tertiary/aromatic N) is 2. The summed E-state index contributed by atoms with van der Waals surface area (Å²) in [5.74, 6) is 0.0651. The second-order valence-corrected chi connectivity index (χ2v) is 8.86. The number of fused-ring (bicyclic) bond motifs is 1. The number of hydrogen-bond donors (Lipinski definition) is 1. The monoisotopic (exact) mass is 469 g/mol. The van der Waals surface area contributed by atoms with Crippen LogP contribution in [0, 0.1) is 17.2 Å². The van der Waals surface area contributed by atoms with E-state index in [1.54, 1.807) is 18.2 Å². The molecule has 0 spiro atoms. The molecule has 0 unspecified atom stereocenters. The number of halogens is 1. The highest BCUT2D eigenvalue weighted by atomic mass is 35.5. The highest BCUT2D eigenvalue weighted by molar-refractivity contribution is 6.31. The Morgan fingerprint density at radius 3 is 2.44 bits per heavy atom. The molecule has 34 heavy (non-hydrogen) atoms. The van der Waals surface area contributed by atoms with Gasteiger partial charge in [-0.2, -0.15) is 5.26 Å². The Balaban J connectivity index is 1.78. The second kappa shape index (κ2) is 9.86. The number of rotatable bonds is 7. The normalized spacial score (nSPS) is 11.6. The van der Waals surface area contributed by atoms with Gasteiger partial charge in [-0.3, -0.25) is 4.79 Å². The van der Waals surface area contributed by atoms with Crippen LogP contribution in [0.3, 0.4) is 0 Å². The van der Waals surface area contributed by atoms with Crippen molar-refractivity contribution in [3.05, 3.63) is 94.5 Å². The molecular formula is C28H24ClN3O2. The maximum atomic E-state index is 12.4. The Morgan fingerprint density at radius 1 is 1.12 bits per heavy atom. The fourth-order valence-electron chi connectivity index (χ4n) is 3.87. The average molecular weight is 470 g/mol. The second-order valence-electron chi connectivity index (χ2n) is 8.42. The highest BCUT2D eigenvalue weighted by Gasteiger charge is 2.25. The van der Waals surface area contributed by atoms with Crippen molar-refractivity contribution in [3.8, 4) is 6.07 Å². The van der Waals surface area contributed by atoms with E-state index in [1.165, 1.54) is 0 Å². The number of nitrogens with two attached hydrogens (primary N) is 1. The standard InChI is InChI=1S/C28H24ClN3O2/c1-18(2)17-32(28-26(27(31)33)24-15-22(29)10-13-25(24)34-28)23-11-8-20(9-12-23)21(16-30)14-19-6-4-3-5-7-19/h3-15,18H,17H2,1-2H3,(H2,31,33)/b21-14+. The van der Waals surface area contributed by atoms with Gasteiger partial charge in [-0.1, -0.05) is 67.9 Å². The Kier molecular flexibility index (Phi) is 6.72. The lowest BCUT2D eigenvalue weighted by Crippen LogP contribution is -2.25. The third-order valence-corrected chi connectivity index (χ3v) is 5.63. The minimum atomic E-state index is -0.584. The van der Waals surface area contributed by atoms with E-state index in [2.05, 4.69) is 19.9 Å².